The lowest BCUT2D eigenvalue weighted by atomic mass is 10.1. The van der Waals surface area contributed by atoms with E-state index in [0.29, 0.717) is 28.7 Å². The quantitative estimate of drug-likeness (QED) is 0.349. The van der Waals surface area contributed by atoms with Gasteiger partial charge in [0.05, 0.1) is 12.1 Å². The summed E-state index contributed by atoms with van der Waals surface area (Å²) in [7, 11) is 1.54. The largest absolute Gasteiger partial charge is 0.493 e. The predicted molar refractivity (Wildman–Crippen MR) is 125 cm³/mol. The molecule has 0 saturated heterocycles. The molecule has 0 aromatic heterocycles. The van der Waals surface area contributed by atoms with Gasteiger partial charge < -0.3 is 14.2 Å². The fraction of sp³-hybridized carbons (Fsp3) is 0.154. The molecule has 0 radical (unpaired) electrons. The van der Waals surface area contributed by atoms with Crippen molar-refractivity contribution in [3.05, 3.63) is 99.2 Å². The van der Waals surface area contributed by atoms with Crippen LogP contribution in [-0.4, -0.2) is 19.0 Å². The molecule has 6 heteroatoms. The fourth-order valence-electron chi connectivity index (χ4n) is 3.30. The number of methoxy groups -OCH3 is 1. The summed E-state index contributed by atoms with van der Waals surface area (Å²) in [6.45, 7) is 4.33. The molecule has 0 N–H and O–H groups in total. The average molecular weight is 448 g/mol. The zero-order valence-corrected chi connectivity index (χ0v) is 18.8. The Kier molecular flexibility index (Phi) is 6.28. The van der Waals surface area contributed by atoms with Crippen LogP contribution >= 0.6 is 11.6 Å². The van der Waals surface area contributed by atoms with Crippen molar-refractivity contribution in [1.29, 1.82) is 0 Å². The van der Waals surface area contributed by atoms with Crippen LogP contribution in [0.15, 0.2) is 71.4 Å². The number of rotatable bonds is 6. The number of hydrogen-bond acceptors (Lipinski definition) is 5. The molecule has 0 aliphatic carbocycles. The molecule has 5 nitrogen and oxygen atoms in total. The molecule has 0 fully saturated rings. The second-order valence-corrected chi connectivity index (χ2v) is 7.87. The van der Waals surface area contributed by atoms with Gasteiger partial charge in [-0.15, -0.1) is 0 Å². The first-order chi connectivity index (χ1) is 15.4. The van der Waals surface area contributed by atoms with E-state index in [1.165, 1.54) is 5.56 Å². The molecular formula is C26H22ClNO4. The van der Waals surface area contributed by atoms with E-state index in [0.717, 1.165) is 16.7 Å². The molecule has 0 atom stereocenters. The fourth-order valence-corrected chi connectivity index (χ4v) is 3.57. The van der Waals surface area contributed by atoms with Gasteiger partial charge in [0.1, 0.15) is 6.61 Å². The van der Waals surface area contributed by atoms with Crippen LogP contribution in [0.3, 0.4) is 0 Å². The Morgan fingerprint density at radius 3 is 2.53 bits per heavy atom. The van der Waals surface area contributed by atoms with Crippen molar-refractivity contribution in [1.82, 2.24) is 0 Å². The van der Waals surface area contributed by atoms with Gasteiger partial charge >= 0.3 is 5.97 Å². The second kappa shape index (κ2) is 9.28. The van der Waals surface area contributed by atoms with E-state index >= 15 is 0 Å². The van der Waals surface area contributed by atoms with Gasteiger partial charge in [-0.1, -0.05) is 59.6 Å². The number of nitrogens with zero attached hydrogens (tertiary/aromatic N) is 1. The minimum absolute atomic E-state index is 0.190. The first-order valence-corrected chi connectivity index (χ1v) is 10.5. The molecule has 1 aliphatic heterocycles. The molecule has 4 rings (SSSR count). The number of aryl methyl sites for hydroxylation is 2. The van der Waals surface area contributed by atoms with Crippen LogP contribution in [0.1, 0.15) is 27.8 Å². The third-order valence-corrected chi connectivity index (χ3v) is 5.34. The van der Waals surface area contributed by atoms with Crippen LogP contribution in [0.2, 0.25) is 5.02 Å². The van der Waals surface area contributed by atoms with Gasteiger partial charge in [0.15, 0.2) is 17.2 Å². The molecule has 0 spiro atoms. The molecule has 162 valence electrons. The summed E-state index contributed by atoms with van der Waals surface area (Å²) in [5.41, 5.74) is 4.79. The minimum atomic E-state index is -0.516. The first kappa shape index (κ1) is 21.7. The third kappa shape index (κ3) is 4.68. The van der Waals surface area contributed by atoms with Crippen LogP contribution in [0, 0.1) is 13.8 Å². The van der Waals surface area contributed by atoms with Crippen molar-refractivity contribution in [2.75, 3.05) is 7.11 Å². The number of carbonyl (C=O) groups is 1. The predicted octanol–water partition coefficient (Wildman–Crippen LogP) is 5.89. The lowest BCUT2D eigenvalue weighted by Gasteiger charge is -2.13. The van der Waals surface area contributed by atoms with Crippen molar-refractivity contribution in [2.45, 2.75) is 20.5 Å². The summed E-state index contributed by atoms with van der Waals surface area (Å²) in [6, 6.07) is 19.1. The zero-order chi connectivity index (χ0) is 22.7. The Hall–Kier alpha value is -3.57. The molecular weight excluding hydrogens is 426 g/mol. The van der Waals surface area contributed by atoms with E-state index in [4.69, 9.17) is 25.8 Å². The highest BCUT2D eigenvalue weighted by molar-refractivity contribution is 6.32. The lowest BCUT2D eigenvalue weighted by molar-refractivity contribution is -0.129. The Morgan fingerprint density at radius 2 is 1.81 bits per heavy atom. The summed E-state index contributed by atoms with van der Waals surface area (Å²) < 4.78 is 16.8. The number of halogens is 1. The highest BCUT2D eigenvalue weighted by Gasteiger charge is 2.25. The number of hydrogen-bond donors (Lipinski definition) is 0. The van der Waals surface area contributed by atoms with Gasteiger partial charge in [0, 0.05) is 5.56 Å². The van der Waals surface area contributed by atoms with Gasteiger partial charge in [-0.25, -0.2) is 9.79 Å². The minimum Gasteiger partial charge on any atom is -0.493 e. The lowest BCUT2D eigenvalue weighted by Crippen LogP contribution is -2.06. The number of benzene rings is 3. The highest BCUT2D eigenvalue weighted by Crippen LogP contribution is 2.38. The van der Waals surface area contributed by atoms with Crippen molar-refractivity contribution < 1.29 is 19.0 Å². The number of esters is 1. The highest BCUT2D eigenvalue weighted by atomic mass is 35.5. The Balaban J connectivity index is 1.59. The summed E-state index contributed by atoms with van der Waals surface area (Å²) in [4.78, 5) is 16.7. The van der Waals surface area contributed by atoms with Crippen molar-refractivity contribution in [3.8, 4) is 11.5 Å². The van der Waals surface area contributed by atoms with Crippen LogP contribution < -0.4 is 9.47 Å². The standard InChI is InChI=1S/C26H22ClNO4/c1-16-8-10-18(11-9-16)15-31-24-21(27)12-19(14-23(24)30-3)13-22-26(29)32-25(28-22)20-7-5-4-6-17(20)2/h4-14H,15H2,1-3H3/b22-13-. The maximum atomic E-state index is 12.4. The van der Waals surface area contributed by atoms with E-state index in [1.54, 1.807) is 25.3 Å². The van der Waals surface area contributed by atoms with E-state index < -0.39 is 5.97 Å². The molecule has 3 aromatic carbocycles. The average Bonchev–Trinajstić information content (AvgIpc) is 3.14. The molecule has 0 bridgehead atoms. The van der Waals surface area contributed by atoms with Gasteiger partial charge in [0.25, 0.3) is 0 Å². The van der Waals surface area contributed by atoms with Gasteiger partial charge in [-0.2, -0.15) is 0 Å². The molecule has 1 heterocycles. The normalized spacial score (nSPS) is 14.3. The zero-order valence-electron chi connectivity index (χ0n) is 18.0. The molecule has 0 saturated carbocycles. The van der Waals surface area contributed by atoms with Gasteiger partial charge in [-0.05, 0) is 54.8 Å². The summed E-state index contributed by atoms with van der Waals surface area (Å²) in [6.07, 6.45) is 1.62. The number of aliphatic imine (C=N–C) groups is 1. The van der Waals surface area contributed by atoms with Gasteiger partial charge in [0.2, 0.25) is 5.90 Å². The van der Waals surface area contributed by atoms with Crippen LogP contribution in [0.5, 0.6) is 11.5 Å². The van der Waals surface area contributed by atoms with Crippen molar-refractivity contribution >= 4 is 29.5 Å². The third-order valence-electron chi connectivity index (χ3n) is 5.05. The van der Waals surface area contributed by atoms with E-state index in [-0.39, 0.29) is 11.6 Å². The van der Waals surface area contributed by atoms with E-state index in [1.807, 2.05) is 62.4 Å². The monoisotopic (exact) mass is 447 g/mol. The maximum Gasteiger partial charge on any atom is 0.363 e. The summed E-state index contributed by atoms with van der Waals surface area (Å²) >= 11 is 6.49. The molecule has 3 aromatic rings. The Bertz CT molecular complexity index is 1230. The first-order valence-electron chi connectivity index (χ1n) is 10.1. The van der Waals surface area contributed by atoms with Crippen LogP contribution in [0.25, 0.3) is 6.08 Å². The summed E-state index contributed by atoms with van der Waals surface area (Å²) in [5.74, 6) is 0.675. The molecule has 0 amide bonds. The number of ether oxygens (including phenoxy) is 3. The van der Waals surface area contributed by atoms with Crippen LogP contribution in [0.4, 0.5) is 0 Å². The van der Waals surface area contributed by atoms with Crippen LogP contribution in [-0.2, 0) is 16.1 Å². The number of cyclic esters (lactones) is 1. The molecule has 0 unspecified atom stereocenters. The maximum absolute atomic E-state index is 12.4. The van der Waals surface area contributed by atoms with E-state index in [2.05, 4.69) is 4.99 Å². The second-order valence-electron chi connectivity index (χ2n) is 7.46. The smallest absolute Gasteiger partial charge is 0.363 e. The van der Waals surface area contributed by atoms with Gasteiger partial charge in [-0.3, -0.25) is 0 Å². The van der Waals surface area contributed by atoms with Crippen molar-refractivity contribution in [2.24, 2.45) is 4.99 Å². The SMILES string of the molecule is COc1cc(/C=C2\N=C(c3ccccc3C)OC2=O)cc(Cl)c1OCc1ccc(C)cc1. The Morgan fingerprint density at radius 1 is 1.06 bits per heavy atom. The summed E-state index contributed by atoms with van der Waals surface area (Å²) in [5, 5.41) is 0.373. The molecule has 32 heavy (non-hydrogen) atoms. The topological polar surface area (TPSA) is 57.1 Å². The number of carbonyl (C=O) groups excluding carboxylic acids is 1. The molecule has 1 aliphatic rings. The Labute approximate surface area is 191 Å². The van der Waals surface area contributed by atoms with E-state index in [9.17, 15) is 4.79 Å². The van der Waals surface area contributed by atoms with Crippen molar-refractivity contribution in [3.63, 3.8) is 0 Å².